The van der Waals surface area contributed by atoms with E-state index in [1.807, 2.05) is 42.3 Å². The lowest BCUT2D eigenvalue weighted by Crippen LogP contribution is -2.18. The average molecular weight is 292 g/mol. The van der Waals surface area contributed by atoms with Gasteiger partial charge >= 0.3 is 0 Å². The molecular formula is C15H18ClN3O. The number of methoxy groups -OCH3 is 1. The lowest BCUT2D eigenvalue weighted by molar-refractivity contribution is 0.414. The van der Waals surface area contributed by atoms with E-state index in [0.29, 0.717) is 18.1 Å². The van der Waals surface area contributed by atoms with E-state index in [4.69, 9.17) is 22.1 Å². The predicted molar refractivity (Wildman–Crippen MR) is 82.2 cm³/mol. The Kier molecular flexibility index (Phi) is 4.82. The highest BCUT2D eigenvalue weighted by Crippen LogP contribution is 2.25. The molecule has 0 spiro atoms. The molecule has 20 heavy (non-hydrogen) atoms. The third-order valence-corrected chi connectivity index (χ3v) is 3.31. The summed E-state index contributed by atoms with van der Waals surface area (Å²) in [5.74, 6) is 1.58. The zero-order valence-electron chi connectivity index (χ0n) is 11.6. The van der Waals surface area contributed by atoms with E-state index in [2.05, 4.69) is 4.98 Å². The van der Waals surface area contributed by atoms with Crippen LogP contribution in [0.4, 0.5) is 5.82 Å². The Morgan fingerprint density at radius 1 is 1.30 bits per heavy atom. The number of benzene rings is 1. The van der Waals surface area contributed by atoms with Crippen LogP contribution in [0.25, 0.3) is 0 Å². The third-order valence-electron chi connectivity index (χ3n) is 3.03. The van der Waals surface area contributed by atoms with Crippen molar-refractivity contribution in [2.75, 3.05) is 19.1 Å². The molecule has 4 nitrogen and oxygen atoms in total. The van der Waals surface area contributed by atoms with Gasteiger partial charge in [-0.15, -0.1) is 0 Å². The van der Waals surface area contributed by atoms with E-state index in [9.17, 15) is 0 Å². The lowest BCUT2D eigenvalue weighted by Gasteiger charge is -2.20. The van der Waals surface area contributed by atoms with Crippen LogP contribution in [0.5, 0.6) is 5.75 Å². The molecule has 1 heterocycles. The second-order valence-corrected chi connectivity index (χ2v) is 4.97. The number of nitrogens with two attached hydrogens (primary N) is 1. The number of nitrogens with zero attached hydrogens (tertiary/aromatic N) is 2. The lowest BCUT2D eigenvalue weighted by atomic mass is 10.2. The number of hydrogen-bond acceptors (Lipinski definition) is 4. The monoisotopic (exact) mass is 291 g/mol. The van der Waals surface area contributed by atoms with Gasteiger partial charge in [0.2, 0.25) is 0 Å². The molecule has 2 N–H and O–H groups in total. The summed E-state index contributed by atoms with van der Waals surface area (Å²) >= 11 is 6.24. The summed E-state index contributed by atoms with van der Waals surface area (Å²) in [5, 5.41) is 0.610. The Morgan fingerprint density at radius 3 is 2.75 bits per heavy atom. The maximum absolute atomic E-state index is 6.24. The van der Waals surface area contributed by atoms with Gasteiger partial charge in [-0.05, 0) is 29.3 Å². The van der Waals surface area contributed by atoms with E-state index in [-0.39, 0.29) is 0 Å². The van der Waals surface area contributed by atoms with Crippen LogP contribution in [-0.4, -0.2) is 19.1 Å². The first-order valence-corrected chi connectivity index (χ1v) is 6.70. The standard InChI is InChI=1S/C15H18ClN3O/c1-19(10-11-4-3-5-13(6-11)20-2)15-14(16)7-12(8-17)9-18-15/h3-7,9H,8,10,17H2,1-2H3. The van der Waals surface area contributed by atoms with Crippen molar-refractivity contribution in [3.05, 3.63) is 52.7 Å². The number of ether oxygens (including phenoxy) is 1. The molecule has 0 atom stereocenters. The third kappa shape index (κ3) is 3.40. The molecule has 0 aliphatic heterocycles. The molecule has 0 amide bonds. The first-order chi connectivity index (χ1) is 9.63. The number of aromatic nitrogens is 1. The first-order valence-electron chi connectivity index (χ1n) is 6.32. The first kappa shape index (κ1) is 14.6. The number of rotatable bonds is 5. The average Bonchev–Trinajstić information content (AvgIpc) is 2.47. The topological polar surface area (TPSA) is 51.4 Å². The van der Waals surface area contributed by atoms with Crippen molar-refractivity contribution < 1.29 is 4.74 Å². The Bertz CT molecular complexity index is 589. The fourth-order valence-corrected chi connectivity index (χ4v) is 2.32. The maximum Gasteiger partial charge on any atom is 0.147 e. The van der Waals surface area contributed by atoms with Gasteiger partial charge in [-0.1, -0.05) is 23.7 Å². The molecule has 0 aliphatic rings. The number of halogens is 1. The van der Waals surface area contributed by atoms with Crippen LogP contribution in [0.2, 0.25) is 5.02 Å². The van der Waals surface area contributed by atoms with Gasteiger partial charge in [-0.2, -0.15) is 0 Å². The molecule has 0 aliphatic carbocycles. The van der Waals surface area contributed by atoms with Crippen molar-refractivity contribution in [3.63, 3.8) is 0 Å². The van der Waals surface area contributed by atoms with Crippen molar-refractivity contribution in [2.24, 2.45) is 5.73 Å². The van der Waals surface area contributed by atoms with Gasteiger partial charge < -0.3 is 15.4 Å². The quantitative estimate of drug-likeness (QED) is 0.920. The van der Waals surface area contributed by atoms with Crippen molar-refractivity contribution in [2.45, 2.75) is 13.1 Å². The maximum atomic E-state index is 6.24. The minimum absolute atomic E-state index is 0.437. The van der Waals surface area contributed by atoms with E-state index in [1.54, 1.807) is 13.3 Å². The molecular weight excluding hydrogens is 274 g/mol. The predicted octanol–water partition coefficient (Wildman–Crippen LogP) is 2.84. The summed E-state index contributed by atoms with van der Waals surface area (Å²) in [6.45, 7) is 1.14. The minimum atomic E-state index is 0.437. The van der Waals surface area contributed by atoms with Gasteiger partial charge in [0.1, 0.15) is 11.6 Å². The molecule has 2 aromatic rings. The second kappa shape index (κ2) is 6.59. The SMILES string of the molecule is COc1cccc(CN(C)c2ncc(CN)cc2Cl)c1. The van der Waals surface area contributed by atoms with Crippen LogP contribution in [0.15, 0.2) is 36.5 Å². The summed E-state index contributed by atoms with van der Waals surface area (Å²) in [6, 6.07) is 9.78. The molecule has 0 saturated carbocycles. The van der Waals surface area contributed by atoms with E-state index >= 15 is 0 Å². The van der Waals surface area contributed by atoms with Gasteiger partial charge in [0.05, 0.1) is 12.1 Å². The Labute approximate surface area is 124 Å². The normalized spacial score (nSPS) is 10.4. The van der Waals surface area contributed by atoms with Crippen molar-refractivity contribution in [1.29, 1.82) is 0 Å². The van der Waals surface area contributed by atoms with E-state index < -0.39 is 0 Å². The largest absolute Gasteiger partial charge is 0.497 e. The van der Waals surface area contributed by atoms with E-state index in [1.165, 1.54) is 0 Å². The smallest absolute Gasteiger partial charge is 0.147 e. The fourth-order valence-electron chi connectivity index (χ4n) is 1.98. The second-order valence-electron chi connectivity index (χ2n) is 4.56. The summed E-state index contributed by atoms with van der Waals surface area (Å²) in [5.41, 5.74) is 7.63. The molecule has 0 fully saturated rings. The molecule has 0 radical (unpaired) electrons. The molecule has 1 aromatic carbocycles. The Hall–Kier alpha value is -1.78. The minimum Gasteiger partial charge on any atom is -0.497 e. The molecule has 2 rings (SSSR count). The molecule has 0 unspecified atom stereocenters. The zero-order chi connectivity index (χ0) is 14.5. The van der Waals surface area contributed by atoms with Crippen LogP contribution in [0.1, 0.15) is 11.1 Å². The van der Waals surface area contributed by atoms with Gasteiger partial charge in [-0.25, -0.2) is 4.98 Å². The van der Waals surface area contributed by atoms with E-state index in [0.717, 1.165) is 22.7 Å². The highest BCUT2D eigenvalue weighted by atomic mass is 35.5. The molecule has 0 bridgehead atoms. The highest BCUT2D eigenvalue weighted by Gasteiger charge is 2.09. The number of anilines is 1. The van der Waals surface area contributed by atoms with Gasteiger partial charge in [0.15, 0.2) is 0 Å². The molecule has 0 saturated heterocycles. The molecule has 1 aromatic heterocycles. The Morgan fingerprint density at radius 2 is 2.10 bits per heavy atom. The van der Waals surface area contributed by atoms with Gasteiger partial charge in [0, 0.05) is 26.3 Å². The highest BCUT2D eigenvalue weighted by molar-refractivity contribution is 6.33. The molecule has 106 valence electrons. The van der Waals surface area contributed by atoms with Crippen LogP contribution >= 0.6 is 11.6 Å². The van der Waals surface area contributed by atoms with Crippen molar-refractivity contribution >= 4 is 17.4 Å². The van der Waals surface area contributed by atoms with Crippen molar-refractivity contribution in [1.82, 2.24) is 4.98 Å². The van der Waals surface area contributed by atoms with Crippen molar-refractivity contribution in [3.8, 4) is 5.75 Å². The van der Waals surface area contributed by atoms with Gasteiger partial charge in [-0.3, -0.25) is 0 Å². The zero-order valence-corrected chi connectivity index (χ0v) is 12.4. The summed E-state index contributed by atoms with van der Waals surface area (Å²) in [4.78, 5) is 6.37. The summed E-state index contributed by atoms with van der Waals surface area (Å²) in [6.07, 6.45) is 1.75. The molecule has 5 heteroatoms. The fraction of sp³-hybridized carbons (Fsp3) is 0.267. The van der Waals surface area contributed by atoms with Crippen LogP contribution in [-0.2, 0) is 13.1 Å². The summed E-state index contributed by atoms with van der Waals surface area (Å²) in [7, 11) is 3.61. The van der Waals surface area contributed by atoms with Gasteiger partial charge in [0.25, 0.3) is 0 Å². The van der Waals surface area contributed by atoms with Crippen LogP contribution in [0.3, 0.4) is 0 Å². The number of hydrogen-bond donors (Lipinski definition) is 1. The van der Waals surface area contributed by atoms with Crippen LogP contribution < -0.4 is 15.4 Å². The summed E-state index contributed by atoms with van der Waals surface area (Å²) < 4.78 is 5.22. The number of pyridine rings is 1. The Balaban J connectivity index is 2.16. The van der Waals surface area contributed by atoms with Crippen LogP contribution in [0, 0.1) is 0 Å².